The highest BCUT2D eigenvalue weighted by Gasteiger charge is 2.34. The Morgan fingerprint density at radius 2 is 1.97 bits per heavy atom. The van der Waals surface area contributed by atoms with E-state index < -0.39 is 0 Å². The molecule has 7 nitrogen and oxygen atoms in total. The van der Waals surface area contributed by atoms with Gasteiger partial charge in [-0.1, -0.05) is 6.07 Å². The van der Waals surface area contributed by atoms with Crippen LogP contribution in [0.25, 0.3) is 0 Å². The molecule has 0 unspecified atom stereocenters. The zero-order valence-corrected chi connectivity index (χ0v) is 18.5. The molecule has 2 amide bonds. The van der Waals surface area contributed by atoms with Gasteiger partial charge in [-0.2, -0.15) is 5.10 Å². The van der Waals surface area contributed by atoms with Gasteiger partial charge in [-0.15, -0.1) is 11.3 Å². The van der Waals surface area contributed by atoms with Crippen molar-refractivity contribution in [3.05, 3.63) is 75.9 Å². The van der Waals surface area contributed by atoms with Gasteiger partial charge < -0.3 is 14.6 Å². The zero-order chi connectivity index (χ0) is 22.0. The lowest BCUT2D eigenvalue weighted by atomic mass is 10.1. The van der Waals surface area contributed by atoms with Gasteiger partial charge in [-0.25, -0.2) is 5.01 Å². The molecule has 1 aliphatic rings. The van der Waals surface area contributed by atoms with Gasteiger partial charge in [0.1, 0.15) is 17.2 Å². The SMILES string of the molecule is Cc1ccc(C2=NN(C(=O)CNc3ccc(C(=O)N(C)C)cc3)[C@H](c3cccs3)C2)o1. The van der Waals surface area contributed by atoms with Crippen LogP contribution in [-0.4, -0.2) is 48.1 Å². The van der Waals surface area contributed by atoms with E-state index >= 15 is 0 Å². The number of aryl methyl sites for hydroxylation is 1. The van der Waals surface area contributed by atoms with E-state index in [4.69, 9.17) is 4.42 Å². The Kier molecular flexibility index (Phi) is 5.90. The minimum absolute atomic E-state index is 0.0616. The molecule has 1 N–H and O–H groups in total. The molecule has 3 heterocycles. The second kappa shape index (κ2) is 8.77. The van der Waals surface area contributed by atoms with Crippen molar-refractivity contribution in [2.45, 2.75) is 19.4 Å². The van der Waals surface area contributed by atoms with Crippen LogP contribution < -0.4 is 5.32 Å². The van der Waals surface area contributed by atoms with Crippen LogP contribution in [0.2, 0.25) is 0 Å². The summed E-state index contributed by atoms with van der Waals surface area (Å²) in [6.45, 7) is 1.98. The first kappa shape index (κ1) is 20.9. The number of nitrogens with zero attached hydrogens (tertiary/aromatic N) is 3. The van der Waals surface area contributed by atoms with E-state index in [1.165, 1.54) is 4.90 Å². The van der Waals surface area contributed by atoms with Crippen molar-refractivity contribution in [3.63, 3.8) is 0 Å². The third-order valence-electron chi connectivity index (χ3n) is 5.04. The highest BCUT2D eigenvalue weighted by molar-refractivity contribution is 7.10. The Morgan fingerprint density at radius 1 is 1.19 bits per heavy atom. The van der Waals surface area contributed by atoms with Crippen LogP contribution in [0.15, 0.2) is 63.4 Å². The van der Waals surface area contributed by atoms with Crippen molar-refractivity contribution < 1.29 is 14.0 Å². The standard InChI is InChI=1S/C23H24N4O3S/c1-15-6-11-20(30-15)18-13-19(21-5-4-12-31-21)27(25-18)22(28)14-24-17-9-7-16(8-10-17)23(29)26(2)3/h4-12,19,24H,13-14H2,1-3H3/t19-/m0/s1. The van der Waals surface area contributed by atoms with Crippen LogP contribution >= 0.6 is 11.3 Å². The van der Waals surface area contributed by atoms with Gasteiger partial charge in [-0.05, 0) is 54.8 Å². The van der Waals surface area contributed by atoms with Gasteiger partial charge in [0.05, 0.1) is 12.6 Å². The van der Waals surface area contributed by atoms with Crippen molar-refractivity contribution >= 4 is 34.6 Å². The van der Waals surface area contributed by atoms with E-state index in [1.54, 1.807) is 54.7 Å². The van der Waals surface area contributed by atoms with E-state index in [9.17, 15) is 9.59 Å². The van der Waals surface area contributed by atoms with Crippen molar-refractivity contribution in [3.8, 4) is 0 Å². The second-order valence-corrected chi connectivity index (χ2v) is 8.54. The molecule has 0 fully saturated rings. The third kappa shape index (κ3) is 4.54. The number of anilines is 1. The minimum Gasteiger partial charge on any atom is -0.460 e. The summed E-state index contributed by atoms with van der Waals surface area (Å²) in [6, 6.07) is 14.7. The summed E-state index contributed by atoms with van der Waals surface area (Å²) in [7, 11) is 3.43. The lowest BCUT2D eigenvalue weighted by molar-refractivity contribution is -0.131. The van der Waals surface area contributed by atoms with Crippen LogP contribution in [0, 0.1) is 6.92 Å². The average molecular weight is 437 g/mol. The van der Waals surface area contributed by atoms with Crippen molar-refractivity contribution in [2.75, 3.05) is 26.0 Å². The number of hydrogen-bond acceptors (Lipinski definition) is 6. The van der Waals surface area contributed by atoms with Crippen LogP contribution in [0.5, 0.6) is 0 Å². The van der Waals surface area contributed by atoms with Crippen LogP contribution in [-0.2, 0) is 4.79 Å². The van der Waals surface area contributed by atoms with E-state index in [0.717, 1.165) is 22.0 Å². The van der Waals surface area contributed by atoms with E-state index in [-0.39, 0.29) is 24.4 Å². The molecule has 0 saturated heterocycles. The number of carbonyl (C=O) groups is 2. The van der Waals surface area contributed by atoms with Gasteiger partial charge in [0, 0.05) is 36.6 Å². The molecular formula is C23H24N4O3S. The molecule has 1 atom stereocenters. The van der Waals surface area contributed by atoms with Crippen molar-refractivity contribution in [1.82, 2.24) is 9.91 Å². The molecular weight excluding hydrogens is 412 g/mol. The Labute approximate surface area is 185 Å². The molecule has 0 bridgehead atoms. The Hall–Kier alpha value is -3.39. The summed E-state index contributed by atoms with van der Waals surface area (Å²) in [5, 5.41) is 11.3. The lowest BCUT2D eigenvalue weighted by Crippen LogP contribution is -2.32. The summed E-state index contributed by atoms with van der Waals surface area (Å²) >= 11 is 1.61. The van der Waals surface area contributed by atoms with Crippen molar-refractivity contribution in [2.24, 2.45) is 5.10 Å². The monoisotopic (exact) mass is 436 g/mol. The number of hydrazone groups is 1. The fourth-order valence-electron chi connectivity index (χ4n) is 3.43. The maximum atomic E-state index is 13.0. The Balaban J connectivity index is 1.47. The normalized spacial score (nSPS) is 15.6. The molecule has 3 aromatic rings. The number of carbonyl (C=O) groups excluding carboxylic acids is 2. The summed E-state index contributed by atoms with van der Waals surface area (Å²) < 4.78 is 5.73. The molecule has 2 aromatic heterocycles. The molecule has 1 aromatic carbocycles. The first-order chi connectivity index (χ1) is 14.9. The smallest absolute Gasteiger partial charge is 0.262 e. The first-order valence-electron chi connectivity index (χ1n) is 9.97. The number of hydrogen-bond donors (Lipinski definition) is 1. The fourth-order valence-corrected chi connectivity index (χ4v) is 4.24. The Morgan fingerprint density at radius 3 is 2.58 bits per heavy atom. The predicted molar refractivity (Wildman–Crippen MR) is 121 cm³/mol. The molecule has 8 heteroatoms. The molecule has 0 aliphatic carbocycles. The molecule has 4 rings (SSSR count). The molecule has 0 radical (unpaired) electrons. The topological polar surface area (TPSA) is 78.2 Å². The number of thiophene rings is 1. The number of benzene rings is 1. The van der Waals surface area contributed by atoms with E-state index in [2.05, 4.69) is 10.4 Å². The number of nitrogens with one attached hydrogen (secondary N) is 1. The lowest BCUT2D eigenvalue weighted by Gasteiger charge is -2.21. The molecule has 1 aliphatic heterocycles. The molecule has 0 spiro atoms. The maximum Gasteiger partial charge on any atom is 0.262 e. The van der Waals surface area contributed by atoms with Crippen LogP contribution in [0.1, 0.15) is 39.2 Å². The Bertz CT molecular complexity index is 1100. The minimum atomic E-state index is -0.144. The average Bonchev–Trinajstić information content (AvgIpc) is 3.51. The quantitative estimate of drug-likeness (QED) is 0.630. The fraction of sp³-hybridized carbons (Fsp3) is 0.261. The largest absolute Gasteiger partial charge is 0.460 e. The number of rotatable bonds is 6. The summed E-state index contributed by atoms with van der Waals surface area (Å²) in [6.07, 6.45) is 0.612. The molecule has 31 heavy (non-hydrogen) atoms. The predicted octanol–water partition coefficient (Wildman–Crippen LogP) is 4.14. The molecule has 0 saturated carbocycles. The summed E-state index contributed by atoms with van der Waals surface area (Å²) in [5.74, 6) is 1.31. The van der Waals surface area contributed by atoms with Gasteiger partial charge in [-0.3, -0.25) is 9.59 Å². The third-order valence-corrected chi connectivity index (χ3v) is 6.02. The number of amides is 2. The highest BCUT2D eigenvalue weighted by Crippen LogP contribution is 2.35. The van der Waals surface area contributed by atoms with Crippen LogP contribution in [0.3, 0.4) is 0 Å². The van der Waals surface area contributed by atoms with E-state index in [0.29, 0.717) is 17.7 Å². The van der Waals surface area contributed by atoms with Gasteiger partial charge >= 0.3 is 0 Å². The van der Waals surface area contributed by atoms with Gasteiger partial charge in [0.15, 0.2) is 0 Å². The van der Waals surface area contributed by atoms with E-state index in [1.807, 2.05) is 36.6 Å². The number of furan rings is 1. The maximum absolute atomic E-state index is 13.0. The summed E-state index contributed by atoms with van der Waals surface area (Å²) in [5.41, 5.74) is 2.13. The second-order valence-electron chi connectivity index (χ2n) is 7.56. The van der Waals surface area contributed by atoms with Crippen LogP contribution in [0.4, 0.5) is 5.69 Å². The highest BCUT2D eigenvalue weighted by atomic mass is 32.1. The zero-order valence-electron chi connectivity index (χ0n) is 17.7. The summed E-state index contributed by atoms with van der Waals surface area (Å²) in [4.78, 5) is 27.7. The van der Waals surface area contributed by atoms with Gasteiger partial charge in [0.25, 0.3) is 11.8 Å². The van der Waals surface area contributed by atoms with Gasteiger partial charge in [0.2, 0.25) is 0 Å². The van der Waals surface area contributed by atoms with Crippen molar-refractivity contribution in [1.29, 1.82) is 0 Å². The molecule has 160 valence electrons. The first-order valence-corrected chi connectivity index (χ1v) is 10.9.